The Labute approximate surface area is 235 Å². The molecule has 0 amide bonds. The van der Waals surface area contributed by atoms with Crippen LogP contribution < -0.4 is 15.8 Å². The number of pyridine rings is 1. The van der Waals surface area contributed by atoms with Gasteiger partial charge in [0.25, 0.3) is 0 Å². The highest BCUT2D eigenvalue weighted by Gasteiger charge is 2.13. The standard InChI is InChI=1S/C31H41N5O4/c1-35(22-24-8-6-9-25(20-24)36-16-7-15-33-23-36)17-19-40-18-5-3-2-4-14-32-21-29(38)26-10-12-28(37)31-27(26)11-13-30(39)34-31/h6-13,15,20,23,29,32,37-38H,2-5,14,16-19,21-22H2,1H3,(H,34,39)/t29-/m0/s1. The fourth-order valence-electron chi connectivity index (χ4n) is 4.81. The number of unbranched alkanes of at least 4 members (excludes halogenated alkanes) is 3. The van der Waals surface area contributed by atoms with Gasteiger partial charge in [0.15, 0.2) is 0 Å². The number of nitrogens with zero attached hydrogens (tertiary/aromatic N) is 3. The summed E-state index contributed by atoms with van der Waals surface area (Å²) in [6.07, 6.45) is 9.29. The molecule has 0 bridgehead atoms. The van der Waals surface area contributed by atoms with E-state index in [2.05, 4.69) is 56.4 Å². The van der Waals surface area contributed by atoms with Gasteiger partial charge in [-0.25, -0.2) is 4.99 Å². The fourth-order valence-corrected chi connectivity index (χ4v) is 4.81. The topological polar surface area (TPSA) is 113 Å². The van der Waals surface area contributed by atoms with Gasteiger partial charge in [-0.05, 0) is 67.9 Å². The van der Waals surface area contributed by atoms with E-state index in [1.54, 1.807) is 12.1 Å². The molecule has 0 unspecified atom stereocenters. The van der Waals surface area contributed by atoms with Crippen LogP contribution in [0.15, 0.2) is 70.6 Å². The molecule has 0 radical (unpaired) electrons. The first kappa shape index (κ1) is 29.5. The van der Waals surface area contributed by atoms with Crippen LogP contribution in [-0.4, -0.2) is 72.9 Å². The summed E-state index contributed by atoms with van der Waals surface area (Å²) in [6, 6.07) is 14.8. The van der Waals surface area contributed by atoms with Crippen molar-refractivity contribution in [1.82, 2.24) is 15.2 Å². The molecule has 4 N–H and O–H groups in total. The lowest BCUT2D eigenvalue weighted by molar-refractivity contribution is 0.106. The maximum Gasteiger partial charge on any atom is 0.248 e. The molecule has 40 heavy (non-hydrogen) atoms. The Kier molecular flexibility index (Phi) is 11.3. The van der Waals surface area contributed by atoms with Crippen LogP contribution in [0.25, 0.3) is 10.9 Å². The average molecular weight is 548 g/mol. The second kappa shape index (κ2) is 15.3. The number of aromatic amines is 1. The van der Waals surface area contributed by atoms with E-state index in [-0.39, 0.29) is 11.3 Å². The number of ether oxygens (including phenoxy) is 1. The van der Waals surface area contributed by atoms with Crippen molar-refractivity contribution in [3.63, 3.8) is 0 Å². The number of aromatic hydroxyl groups is 1. The third-order valence-electron chi connectivity index (χ3n) is 7.01. The first-order chi connectivity index (χ1) is 19.5. The van der Waals surface area contributed by atoms with E-state index in [1.165, 1.54) is 17.7 Å². The molecule has 0 saturated carbocycles. The predicted molar refractivity (Wildman–Crippen MR) is 161 cm³/mol. The highest BCUT2D eigenvalue weighted by Crippen LogP contribution is 2.28. The summed E-state index contributed by atoms with van der Waals surface area (Å²) < 4.78 is 5.86. The molecule has 1 aromatic heterocycles. The molecule has 2 aromatic carbocycles. The summed E-state index contributed by atoms with van der Waals surface area (Å²) in [6.45, 7) is 5.33. The molecule has 4 rings (SSSR count). The van der Waals surface area contributed by atoms with Crippen molar-refractivity contribution in [2.75, 3.05) is 51.3 Å². The van der Waals surface area contributed by atoms with Gasteiger partial charge >= 0.3 is 0 Å². The van der Waals surface area contributed by atoms with Gasteiger partial charge in [-0.1, -0.05) is 31.0 Å². The Hall–Kier alpha value is -3.50. The molecule has 9 nitrogen and oxygen atoms in total. The van der Waals surface area contributed by atoms with Crippen LogP contribution in [-0.2, 0) is 11.3 Å². The van der Waals surface area contributed by atoms with Gasteiger partial charge in [0.05, 0.1) is 24.6 Å². The number of aliphatic hydroxyl groups is 1. The van der Waals surface area contributed by atoms with Crippen LogP contribution in [0.4, 0.5) is 5.69 Å². The Morgan fingerprint density at radius 1 is 1.12 bits per heavy atom. The number of hydrogen-bond acceptors (Lipinski definition) is 8. The lowest BCUT2D eigenvalue weighted by atomic mass is 10.0. The monoisotopic (exact) mass is 547 g/mol. The predicted octanol–water partition coefficient (Wildman–Crippen LogP) is 3.93. The van der Waals surface area contributed by atoms with Crippen LogP contribution in [0.3, 0.4) is 0 Å². The first-order valence-corrected chi connectivity index (χ1v) is 14.0. The zero-order valence-electron chi connectivity index (χ0n) is 23.3. The summed E-state index contributed by atoms with van der Waals surface area (Å²) in [7, 11) is 2.12. The molecule has 1 aliphatic rings. The molecule has 2 heterocycles. The molecule has 0 saturated heterocycles. The molecule has 0 spiro atoms. The molecule has 9 heteroatoms. The largest absolute Gasteiger partial charge is 0.506 e. The van der Waals surface area contributed by atoms with E-state index in [9.17, 15) is 15.0 Å². The van der Waals surface area contributed by atoms with Crippen molar-refractivity contribution in [2.45, 2.75) is 38.3 Å². The SMILES string of the molecule is CN(CCOCCCCCCNC[C@H](O)c1ccc(O)c2[nH]c(=O)ccc12)Cc1cccc(N2C=NC=CC2)c1. The first-order valence-electron chi connectivity index (χ1n) is 14.0. The molecule has 3 aromatic rings. The van der Waals surface area contributed by atoms with Crippen LogP contribution in [0.2, 0.25) is 0 Å². The maximum atomic E-state index is 11.6. The van der Waals surface area contributed by atoms with E-state index in [0.717, 1.165) is 70.8 Å². The number of H-pyrrole nitrogens is 1. The lowest BCUT2D eigenvalue weighted by Crippen LogP contribution is -2.24. The van der Waals surface area contributed by atoms with Gasteiger partial charge in [-0.3, -0.25) is 9.69 Å². The third kappa shape index (κ3) is 8.76. The van der Waals surface area contributed by atoms with Crippen LogP contribution >= 0.6 is 0 Å². The average Bonchev–Trinajstić information content (AvgIpc) is 2.97. The van der Waals surface area contributed by atoms with Crippen molar-refractivity contribution in [3.05, 3.63) is 82.3 Å². The number of aliphatic imine (C=N–C) groups is 1. The van der Waals surface area contributed by atoms with Crippen LogP contribution in [0, 0.1) is 0 Å². The van der Waals surface area contributed by atoms with Gasteiger partial charge in [-0.15, -0.1) is 0 Å². The fraction of sp³-hybridized carbons (Fsp3) is 0.419. The van der Waals surface area contributed by atoms with Crippen LogP contribution in [0.5, 0.6) is 5.75 Å². The Balaban J connectivity index is 1.03. The lowest BCUT2D eigenvalue weighted by Gasteiger charge is -2.21. The van der Waals surface area contributed by atoms with Crippen LogP contribution in [0.1, 0.15) is 42.9 Å². The number of aliphatic hydroxyl groups excluding tert-OH is 1. The highest BCUT2D eigenvalue weighted by molar-refractivity contribution is 5.87. The van der Waals surface area contributed by atoms with E-state index in [0.29, 0.717) is 23.0 Å². The van der Waals surface area contributed by atoms with Crippen molar-refractivity contribution in [1.29, 1.82) is 0 Å². The van der Waals surface area contributed by atoms with E-state index in [4.69, 9.17) is 4.74 Å². The number of rotatable bonds is 16. The Morgan fingerprint density at radius 2 is 2.00 bits per heavy atom. The summed E-state index contributed by atoms with van der Waals surface area (Å²) in [5, 5.41) is 24.6. The summed E-state index contributed by atoms with van der Waals surface area (Å²) in [5.41, 5.74) is 3.18. The number of anilines is 1. The van der Waals surface area contributed by atoms with Gasteiger partial charge < -0.3 is 30.2 Å². The van der Waals surface area contributed by atoms with E-state index in [1.807, 2.05) is 18.6 Å². The second-order valence-corrected chi connectivity index (χ2v) is 10.2. The van der Waals surface area contributed by atoms with Crippen molar-refractivity contribution >= 4 is 22.9 Å². The minimum atomic E-state index is -0.731. The number of fused-ring (bicyclic) bond motifs is 1. The van der Waals surface area contributed by atoms with E-state index >= 15 is 0 Å². The zero-order chi connectivity index (χ0) is 28.2. The number of hydrogen-bond donors (Lipinski definition) is 4. The molecule has 0 aliphatic carbocycles. The van der Waals surface area contributed by atoms with Gasteiger partial charge in [0, 0.05) is 56.1 Å². The summed E-state index contributed by atoms with van der Waals surface area (Å²) >= 11 is 0. The van der Waals surface area contributed by atoms with Crippen molar-refractivity contribution < 1.29 is 14.9 Å². The molecular formula is C31H41N5O4. The minimum Gasteiger partial charge on any atom is -0.506 e. The number of likely N-dealkylation sites (N-methyl/N-ethyl adjacent to an activating group) is 1. The number of phenols is 1. The number of benzene rings is 2. The Morgan fingerprint density at radius 3 is 2.85 bits per heavy atom. The van der Waals surface area contributed by atoms with E-state index < -0.39 is 6.10 Å². The number of phenolic OH excluding ortho intramolecular Hbond substituents is 1. The van der Waals surface area contributed by atoms with Gasteiger partial charge in [0.1, 0.15) is 5.75 Å². The summed E-state index contributed by atoms with van der Waals surface area (Å²) in [5.74, 6) is -0.00387. The smallest absolute Gasteiger partial charge is 0.248 e. The third-order valence-corrected chi connectivity index (χ3v) is 7.01. The van der Waals surface area contributed by atoms with Gasteiger partial charge in [0.2, 0.25) is 5.56 Å². The van der Waals surface area contributed by atoms with Crippen molar-refractivity contribution in [2.24, 2.45) is 4.99 Å². The molecular weight excluding hydrogens is 506 g/mol. The zero-order valence-corrected chi connectivity index (χ0v) is 23.3. The second-order valence-electron chi connectivity index (χ2n) is 10.2. The normalized spacial score (nSPS) is 13.9. The highest BCUT2D eigenvalue weighted by atomic mass is 16.5. The molecule has 214 valence electrons. The number of nitrogens with one attached hydrogen (secondary N) is 2. The quantitative estimate of drug-likeness (QED) is 0.201. The molecule has 1 atom stereocenters. The Bertz CT molecular complexity index is 1340. The maximum absolute atomic E-state index is 11.6. The number of aromatic nitrogens is 1. The van der Waals surface area contributed by atoms with Gasteiger partial charge in [-0.2, -0.15) is 0 Å². The summed E-state index contributed by atoms with van der Waals surface area (Å²) in [4.78, 5) is 22.8. The molecule has 0 fully saturated rings. The van der Waals surface area contributed by atoms with Crippen molar-refractivity contribution in [3.8, 4) is 5.75 Å². The minimum absolute atomic E-state index is 0.00387. The molecule has 1 aliphatic heterocycles.